The van der Waals surface area contributed by atoms with Crippen molar-refractivity contribution in [1.82, 2.24) is 0 Å². The first-order valence-electron chi connectivity index (χ1n) is 8.66. The lowest BCUT2D eigenvalue weighted by Crippen LogP contribution is -2.16. The minimum atomic E-state index is 0.223. The van der Waals surface area contributed by atoms with E-state index in [1.807, 2.05) is 12.1 Å². The summed E-state index contributed by atoms with van der Waals surface area (Å²) >= 11 is 0. The van der Waals surface area contributed by atoms with Crippen LogP contribution in [0.5, 0.6) is 11.5 Å². The van der Waals surface area contributed by atoms with Crippen molar-refractivity contribution in [3.63, 3.8) is 0 Å². The molecule has 0 fully saturated rings. The molecule has 2 aromatic rings. The highest BCUT2D eigenvalue weighted by molar-refractivity contribution is 5.44. The van der Waals surface area contributed by atoms with E-state index in [9.17, 15) is 0 Å². The summed E-state index contributed by atoms with van der Waals surface area (Å²) in [5.74, 6) is 2.07. The zero-order valence-electron chi connectivity index (χ0n) is 15.3. The maximum absolute atomic E-state index is 6.10. The van der Waals surface area contributed by atoms with Crippen molar-refractivity contribution in [2.24, 2.45) is 5.73 Å². The third-order valence-electron chi connectivity index (χ3n) is 4.42. The van der Waals surface area contributed by atoms with Crippen LogP contribution in [0, 0.1) is 13.8 Å². The Morgan fingerprint density at radius 2 is 1.83 bits per heavy atom. The Balaban J connectivity index is 2.25. The van der Waals surface area contributed by atoms with Gasteiger partial charge in [-0.15, -0.1) is 0 Å². The summed E-state index contributed by atoms with van der Waals surface area (Å²) < 4.78 is 11.3. The highest BCUT2D eigenvalue weighted by Crippen LogP contribution is 2.32. The molecule has 1 atom stereocenters. The molecule has 0 radical (unpaired) electrons. The van der Waals surface area contributed by atoms with Crippen LogP contribution in [-0.2, 0) is 6.42 Å². The molecule has 2 N–H and O–H groups in total. The van der Waals surface area contributed by atoms with Gasteiger partial charge in [0.15, 0.2) is 0 Å². The highest BCUT2D eigenvalue weighted by atomic mass is 16.5. The number of rotatable bonds is 8. The van der Waals surface area contributed by atoms with Crippen molar-refractivity contribution in [3.8, 4) is 11.5 Å². The van der Waals surface area contributed by atoms with Crippen LogP contribution in [0.15, 0.2) is 36.4 Å². The number of hydrogen-bond donors (Lipinski definition) is 1. The second-order valence-electron chi connectivity index (χ2n) is 6.31. The van der Waals surface area contributed by atoms with Crippen molar-refractivity contribution >= 4 is 0 Å². The van der Waals surface area contributed by atoms with E-state index < -0.39 is 0 Å². The molecule has 0 saturated heterocycles. The summed E-state index contributed by atoms with van der Waals surface area (Å²) in [6, 6.07) is 12.6. The zero-order chi connectivity index (χ0) is 17.5. The molecule has 24 heavy (non-hydrogen) atoms. The molecule has 3 nitrogen and oxygen atoms in total. The van der Waals surface area contributed by atoms with Crippen LogP contribution in [0.2, 0.25) is 0 Å². The predicted octanol–water partition coefficient (Wildman–Crippen LogP) is 4.39. The van der Waals surface area contributed by atoms with Crippen LogP contribution in [-0.4, -0.2) is 20.3 Å². The molecule has 130 valence electrons. The number of benzene rings is 2. The first-order chi connectivity index (χ1) is 11.6. The molecule has 0 spiro atoms. The molecule has 2 aromatic carbocycles. The molecular formula is C21H29NO2. The lowest BCUT2D eigenvalue weighted by molar-refractivity contribution is 0.317. The molecule has 3 heteroatoms. The summed E-state index contributed by atoms with van der Waals surface area (Å²) in [4.78, 5) is 0. The van der Waals surface area contributed by atoms with E-state index in [1.165, 1.54) is 22.3 Å². The SMILES string of the molecule is CCCOc1cccc(CC(CN)c2cc(C)c(C)cc2OC)c1. The summed E-state index contributed by atoms with van der Waals surface area (Å²) in [6.45, 7) is 7.67. The maximum atomic E-state index is 6.10. The molecule has 0 amide bonds. The van der Waals surface area contributed by atoms with Gasteiger partial charge in [0.2, 0.25) is 0 Å². The zero-order valence-corrected chi connectivity index (χ0v) is 15.3. The monoisotopic (exact) mass is 327 g/mol. The first-order valence-corrected chi connectivity index (χ1v) is 8.66. The van der Waals surface area contributed by atoms with E-state index in [1.54, 1.807) is 7.11 Å². The maximum Gasteiger partial charge on any atom is 0.122 e. The Labute approximate surface area is 145 Å². The minimum Gasteiger partial charge on any atom is -0.496 e. The summed E-state index contributed by atoms with van der Waals surface area (Å²) in [5.41, 5.74) is 11.0. The molecule has 0 heterocycles. The number of ether oxygens (including phenoxy) is 2. The van der Waals surface area contributed by atoms with Crippen LogP contribution < -0.4 is 15.2 Å². The Morgan fingerprint density at radius 3 is 2.50 bits per heavy atom. The van der Waals surface area contributed by atoms with Gasteiger partial charge < -0.3 is 15.2 Å². The minimum absolute atomic E-state index is 0.223. The fraction of sp³-hybridized carbons (Fsp3) is 0.429. The van der Waals surface area contributed by atoms with Crippen molar-refractivity contribution in [2.45, 2.75) is 39.5 Å². The number of methoxy groups -OCH3 is 1. The molecule has 1 unspecified atom stereocenters. The van der Waals surface area contributed by atoms with Crippen LogP contribution in [0.4, 0.5) is 0 Å². The van der Waals surface area contributed by atoms with E-state index >= 15 is 0 Å². The fourth-order valence-electron chi connectivity index (χ4n) is 2.89. The van der Waals surface area contributed by atoms with Crippen LogP contribution in [0.25, 0.3) is 0 Å². The number of hydrogen-bond acceptors (Lipinski definition) is 3. The summed E-state index contributed by atoms with van der Waals surface area (Å²) in [5, 5.41) is 0. The van der Waals surface area contributed by atoms with Gasteiger partial charge in [0.1, 0.15) is 11.5 Å². The van der Waals surface area contributed by atoms with Crippen molar-refractivity contribution in [3.05, 3.63) is 58.7 Å². The van der Waals surface area contributed by atoms with Gasteiger partial charge in [0.25, 0.3) is 0 Å². The molecule has 0 aromatic heterocycles. The second kappa shape index (κ2) is 8.74. The highest BCUT2D eigenvalue weighted by Gasteiger charge is 2.17. The van der Waals surface area contributed by atoms with Crippen LogP contribution in [0.3, 0.4) is 0 Å². The largest absolute Gasteiger partial charge is 0.496 e. The van der Waals surface area contributed by atoms with Crippen LogP contribution >= 0.6 is 0 Å². The molecule has 0 aliphatic carbocycles. The molecule has 0 saturated carbocycles. The van der Waals surface area contributed by atoms with E-state index in [-0.39, 0.29) is 5.92 Å². The lowest BCUT2D eigenvalue weighted by atomic mass is 9.89. The van der Waals surface area contributed by atoms with Crippen LogP contribution in [0.1, 0.15) is 41.5 Å². The topological polar surface area (TPSA) is 44.5 Å². The second-order valence-corrected chi connectivity index (χ2v) is 6.31. The molecule has 0 bridgehead atoms. The third-order valence-corrected chi connectivity index (χ3v) is 4.42. The third kappa shape index (κ3) is 4.51. The van der Waals surface area contributed by atoms with Gasteiger partial charge in [-0.3, -0.25) is 0 Å². The summed E-state index contributed by atoms with van der Waals surface area (Å²) in [7, 11) is 1.72. The van der Waals surface area contributed by atoms with Gasteiger partial charge in [-0.05, 0) is 73.7 Å². The summed E-state index contributed by atoms with van der Waals surface area (Å²) in [6.07, 6.45) is 1.88. The average Bonchev–Trinajstić information content (AvgIpc) is 2.60. The Morgan fingerprint density at radius 1 is 1.08 bits per heavy atom. The molecule has 2 rings (SSSR count). The molecule has 0 aliphatic heterocycles. The van der Waals surface area contributed by atoms with Crippen molar-refractivity contribution < 1.29 is 9.47 Å². The van der Waals surface area contributed by atoms with Gasteiger partial charge >= 0.3 is 0 Å². The average molecular weight is 327 g/mol. The van der Waals surface area contributed by atoms with E-state index in [4.69, 9.17) is 15.2 Å². The lowest BCUT2D eigenvalue weighted by Gasteiger charge is -2.20. The van der Waals surface area contributed by atoms with Gasteiger partial charge in [-0.1, -0.05) is 25.1 Å². The predicted molar refractivity (Wildman–Crippen MR) is 100 cm³/mol. The standard InChI is InChI=1S/C21H29NO2/c1-5-9-24-19-8-6-7-17(13-19)12-18(14-22)20-10-15(2)16(3)11-21(20)23-4/h6-8,10-11,13,18H,5,9,12,14,22H2,1-4H3. The Kier molecular flexibility index (Phi) is 6.68. The normalized spacial score (nSPS) is 12.0. The van der Waals surface area contributed by atoms with Gasteiger partial charge in [0.05, 0.1) is 13.7 Å². The van der Waals surface area contributed by atoms with Gasteiger partial charge in [-0.25, -0.2) is 0 Å². The van der Waals surface area contributed by atoms with Gasteiger partial charge in [-0.2, -0.15) is 0 Å². The quantitative estimate of drug-likeness (QED) is 0.782. The molecule has 0 aliphatic rings. The molecular weight excluding hydrogens is 298 g/mol. The number of aryl methyl sites for hydroxylation is 2. The van der Waals surface area contributed by atoms with Crippen molar-refractivity contribution in [2.75, 3.05) is 20.3 Å². The van der Waals surface area contributed by atoms with Gasteiger partial charge in [0, 0.05) is 5.92 Å². The van der Waals surface area contributed by atoms with E-state index in [0.717, 1.165) is 30.9 Å². The van der Waals surface area contributed by atoms with E-state index in [2.05, 4.69) is 45.0 Å². The smallest absolute Gasteiger partial charge is 0.122 e. The van der Waals surface area contributed by atoms with Crippen molar-refractivity contribution in [1.29, 1.82) is 0 Å². The van der Waals surface area contributed by atoms with E-state index in [0.29, 0.717) is 6.54 Å². The Hall–Kier alpha value is -2.00. The first kappa shape index (κ1) is 18.3. The fourth-order valence-corrected chi connectivity index (χ4v) is 2.89. The Bertz CT molecular complexity index is 667. The number of nitrogens with two attached hydrogens (primary N) is 1.